The summed E-state index contributed by atoms with van der Waals surface area (Å²) in [5.41, 5.74) is 2.12. The van der Waals surface area contributed by atoms with Gasteiger partial charge < -0.3 is 9.47 Å². The van der Waals surface area contributed by atoms with Gasteiger partial charge >= 0.3 is 5.97 Å². The Morgan fingerprint density at radius 1 is 1.13 bits per heavy atom. The maximum atomic E-state index is 13.2. The summed E-state index contributed by atoms with van der Waals surface area (Å²) >= 11 is 0. The van der Waals surface area contributed by atoms with Crippen LogP contribution in [0.5, 0.6) is 5.75 Å². The Kier molecular flexibility index (Phi) is 6.23. The topological polar surface area (TPSA) is 81.9 Å². The Morgan fingerprint density at radius 3 is 2.48 bits per heavy atom. The Balaban J connectivity index is 1.44. The molecule has 2 aromatic carbocycles. The molecule has 0 aliphatic carbocycles. The number of fused-ring (bicyclic) bond motifs is 2. The zero-order chi connectivity index (χ0) is 22.0. The van der Waals surface area contributed by atoms with Crippen molar-refractivity contribution in [2.45, 2.75) is 43.7 Å². The number of nitro benzene ring substituents is 1. The standard InChI is InChI=1S/C24H28N2O5/c1-25-19-9-12-22(25)23(21(15-19)17-5-10-20(30-2)11-6-17)24(27)31-14-13-16-3-7-18(8-4-16)26(28)29/h3-8,10-11,19,21-23H,9,12-15H2,1-2H3/t19-,21-,22-,23+/m1/s1. The number of non-ortho nitro benzene ring substituents is 1. The molecule has 31 heavy (non-hydrogen) atoms. The van der Waals surface area contributed by atoms with Crippen molar-refractivity contribution in [3.05, 3.63) is 69.8 Å². The van der Waals surface area contributed by atoms with Gasteiger partial charge in [-0.3, -0.25) is 19.8 Å². The number of rotatable bonds is 7. The van der Waals surface area contributed by atoms with E-state index in [0.717, 1.165) is 36.1 Å². The van der Waals surface area contributed by atoms with E-state index < -0.39 is 4.92 Å². The maximum absolute atomic E-state index is 13.2. The first kappa shape index (κ1) is 21.3. The molecule has 7 heteroatoms. The summed E-state index contributed by atoms with van der Waals surface area (Å²) in [6, 6.07) is 15.1. The van der Waals surface area contributed by atoms with Crippen molar-refractivity contribution in [2.75, 3.05) is 20.8 Å². The van der Waals surface area contributed by atoms with Crippen molar-refractivity contribution in [1.29, 1.82) is 0 Å². The Bertz CT molecular complexity index is 928. The number of nitro groups is 1. The first-order valence-corrected chi connectivity index (χ1v) is 10.7. The highest BCUT2D eigenvalue weighted by molar-refractivity contribution is 5.75. The van der Waals surface area contributed by atoms with Crippen LogP contribution in [0.4, 0.5) is 5.69 Å². The number of esters is 1. The van der Waals surface area contributed by atoms with E-state index in [1.54, 1.807) is 19.2 Å². The van der Waals surface area contributed by atoms with E-state index in [9.17, 15) is 14.9 Å². The van der Waals surface area contributed by atoms with Crippen molar-refractivity contribution in [2.24, 2.45) is 5.92 Å². The van der Waals surface area contributed by atoms with Gasteiger partial charge in [0.25, 0.3) is 5.69 Å². The number of carbonyl (C=O) groups excluding carboxylic acids is 1. The van der Waals surface area contributed by atoms with Crippen LogP contribution in [0.2, 0.25) is 0 Å². The van der Waals surface area contributed by atoms with Crippen LogP contribution in [0, 0.1) is 16.0 Å². The molecule has 0 saturated carbocycles. The van der Waals surface area contributed by atoms with Crippen LogP contribution in [0.1, 0.15) is 36.3 Å². The zero-order valence-corrected chi connectivity index (χ0v) is 17.9. The second-order valence-corrected chi connectivity index (χ2v) is 8.45. The van der Waals surface area contributed by atoms with Crippen LogP contribution in [0.25, 0.3) is 0 Å². The average Bonchev–Trinajstić information content (AvgIpc) is 3.01. The van der Waals surface area contributed by atoms with Gasteiger partial charge in [-0.1, -0.05) is 24.3 Å². The predicted molar refractivity (Wildman–Crippen MR) is 116 cm³/mol. The number of hydrogen-bond acceptors (Lipinski definition) is 6. The van der Waals surface area contributed by atoms with E-state index in [-0.39, 0.29) is 36.1 Å². The highest BCUT2D eigenvalue weighted by Gasteiger charge is 2.49. The molecular weight excluding hydrogens is 396 g/mol. The van der Waals surface area contributed by atoms with Gasteiger partial charge in [-0.25, -0.2) is 0 Å². The normalized spacial score (nSPS) is 25.2. The number of hydrogen-bond donors (Lipinski definition) is 0. The number of carbonyl (C=O) groups is 1. The number of ether oxygens (including phenoxy) is 2. The molecule has 2 saturated heterocycles. The third kappa shape index (κ3) is 4.42. The highest BCUT2D eigenvalue weighted by atomic mass is 16.6. The molecule has 0 spiro atoms. The SMILES string of the molecule is COc1ccc([C@H]2C[C@H]3CC[C@H]([C@H]2C(=O)OCCc2ccc([N+](=O)[O-])cc2)N3C)cc1. The lowest BCUT2D eigenvalue weighted by molar-refractivity contribution is -0.384. The summed E-state index contributed by atoms with van der Waals surface area (Å²) in [7, 11) is 3.76. The monoisotopic (exact) mass is 424 g/mol. The van der Waals surface area contributed by atoms with Gasteiger partial charge in [0.2, 0.25) is 0 Å². The van der Waals surface area contributed by atoms with Crippen molar-refractivity contribution in [3.8, 4) is 5.75 Å². The second kappa shape index (κ2) is 9.06. The van der Waals surface area contributed by atoms with Gasteiger partial charge in [0, 0.05) is 36.6 Å². The lowest BCUT2D eigenvalue weighted by atomic mass is 9.76. The number of piperidine rings is 1. The molecule has 2 bridgehead atoms. The van der Waals surface area contributed by atoms with Crippen LogP contribution >= 0.6 is 0 Å². The lowest BCUT2D eigenvalue weighted by Crippen LogP contribution is -2.49. The van der Waals surface area contributed by atoms with Crippen LogP contribution < -0.4 is 4.74 Å². The van der Waals surface area contributed by atoms with Crippen molar-refractivity contribution < 1.29 is 19.2 Å². The zero-order valence-electron chi connectivity index (χ0n) is 17.9. The molecule has 0 unspecified atom stereocenters. The average molecular weight is 424 g/mol. The van der Waals surface area contributed by atoms with Gasteiger partial charge in [0.1, 0.15) is 5.75 Å². The fourth-order valence-corrected chi connectivity index (χ4v) is 5.13. The molecule has 7 nitrogen and oxygen atoms in total. The molecule has 4 atom stereocenters. The van der Waals surface area contributed by atoms with E-state index in [1.165, 1.54) is 12.1 Å². The molecule has 2 heterocycles. The quantitative estimate of drug-likeness (QED) is 0.380. The van der Waals surface area contributed by atoms with Crippen LogP contribution in [-0.2, 0) is 16.0 Å². The fourth-order valence-electron chi connectivity index (χ4n) is 5.13. The van der Waals surface area contributed by atoms with Gasteiger partial charge in [0.15, 0.2) is 0 Å². The first-order valence-electron chi connectivity index (χ1n) is 10.7. The number of nitrogens with zero attached hydrogens (tertiary/aromatic N) is 2. The highest BCUT2D eigenvalue weighted by Crippen LogP contribution is 2.46. The minimum Gasteiger partial charge on any atom is -0.497 e. The van der Waals surface area contributed by atoms with Gasteiger partial charge in [-0.15, -0.1) is 0 Å². The summed E-state index contributed by atoms with van der Waals surface area (Å²) in [6.45, 7) is 0.266. The molecule has 4 rings (SSSR count). The van der Waals surface area contributed by atoms with Crippen molar-refractivity contribution in [1.82, 2.24) is 4.90 Å². The number of methoxy groups -OCH3 is 1. The Hall–Kier alpha value is -2.93. The minimum atomic E-state index is -0.419. The molecule has 0 N–H and O–H groups in total. The molecule has 2 aromatic rings. The summed E-state index contributed by atoms with van der Waals surface area (Å²) in [5, 5.41) is 10.8. The maximum Gasteiger partial charge on any atom is 0.311 e. The summed E-state index contributed by atoms with van der Waals surface area (Å²) in [5.74, 6) is 0.585. The molecule has 0 amide bonds. The molecule has 164 valence electrons. The third-order valence-corrected chi connectivity index (χ3v) is 6.87. The van der Waals surface area contributed by atoms with Crippen LogP contribution in [-0.4, -0.2) is 48.6 Å². The van der Waals surface area contributed by atoms with Crippen LogP contribution in [0.15, 0.2) is 48.5 Å². The van der Waals surface area contributed by atoms with Gasteiger partial charge in [0.05, 0.1) is 24.6 Å². The van der Waals surface area contributed by atoms with Gasteiger partial charge in [-0.2, -0.15) is 0 Å². The fraction of sp³-hybridized carbons (Fsp3) is 0.458. The first-order chi connectivity index (χ1) is 15.0. The van der Waals surface area contributed by atoms with Crippen LogP contribution in [0.3, 0.4) is 0 Å². The lowest BCUT2D eigenvalue weighted by Gasteiger charge is -2.42. The van der Waals surface area contributed by atoms with E-state index >= 15 is 0 Å². The van der Waals surface area contributed by atoms with E-state index in [0.29, 0.717) is 12.5 Å². The smallest absolute Gasteiger partial charge is 0.311 e. The second-order valence-electron chi connectivity index (χ2n) is 8.45. The predicted octanol–water partition coefficient (Wildman–Crippen LogP) is 3.96. The Labute approximate surface area is 182 Å². The van der Waals surface area contributed by atoms with Crippen molar-refractivity contribution in [3.63, 3.8) is 0 Å². The van der Waals surface area contributed by atoms with Gasteiger partial charge in [-0.05, 0) is 49.6 Å². The molecule has 0 aromatic heterocycles. The molecule has 0 radical (unpaired) electrons. The summed E-state index contributed by atoms with van der Waals surface area (Å²) < 4.78 is 11.0. The molecule has 2 fully saturated rings. The Morgan fingerprint density at radius 2 is 1.84 bits per heavy atom. The van der Waals surface area contributed by atoms with Crippen molar-refractivity contribution >= 4 is 11.7 Å². The summed E-state index contributed by atoms with van der Waals surface area (Å²) in [4.78, 5) is 25.9. The van der Waals surface area contributed by atoms with E-state index in [2.05, 4.69) is 24.1 Å². The number of benzene rings is 2. The largest absolute Gasteiger partial charge is 0.497 e. The molecular formula is C24H28N2O5. The van der Waals surface area contributed by atoms with E-state index in [4.69, 9.17) is 9.47 Å². The molecule has 2 aliphatic rings. The van der Waals surface area contributed by atoms with E-state index in [1.807, 2.05) is 12.1 Å². The molecule has 2 aliphatic heterocycles. The minimum absolute atomic E-state index is 0.0594. The summed E-state index contributed by atoms with van der Waals surface area (Å²) in [6.07, 6.45) is 3.60. The third-order valence-electron chi connectivity index (χ3n) is 6.87.